The number of hydrogen-bond donors (Lipinski definition) is 1. The summed E-state index contributed by atoms with van der Waals surface area (Å²) in [6, 6.07) is 0. The molecule has 0 atom stereocenters. The standard InChI is InChI=1S/C8H16N2O2/c1-3-9-5-6-10(4-2)7-8(11)12/h3H,4-7H2,1-2H3,(H,11,12). The molecule has 0 aliphatic heterocycles. The van der Waals surface area contributed by atoms with E-state index >= 15 is 0 Å². The van der Waals surface area contributed by atoms with Crippen molar-refractivity contribution in [2.45, 2.75) is 13.8 Å². The quantitative estimate of drug-likeness (QED) is 0.593. The van der Waals surface area contributed by atoms with E-state index in [2.05, 4.69) is 4.99 Å². The first kappa shape index (κ1) is 11.1. The predicted octanol–water partition coefficient (Wildman–Crippen LogP) is 0.484. The van der Waals surface area contributed by atoms with Crippen LogP contribution in [0.25, 0.3) is 0 Å². The highest BCUT2D eigenvalue weighted by molar-refractivity contribution is 5.69. The molecule has 0 rings (SSSR count). The van der Waals surface area contributed by atoms with Gasteiger partial charge in [-0.25, -0.2) is 0 Å². The van der Waals surface area contributed by atoms with E-state index in [1.54, 1.807) is 6.21 Å². The summed E-state index contributed by atoms with van der Waals surface area (Å²) in [7, 11) is 0. The predicted molar refractivity (Wildman–Crippen MR) is 48.8 cm³/mol. The highest BCUT2D eigenvalue weighted by atomic mass is 16.4. The summed E-state index contributed by atoms with van der Waals surface area (Å²) in [5.74, 6) is -0.780. The molecule has 70 valence electrons. The Balaban J connectivity index is 3.60. The van der Waals surface area contributed by atoms with Gasteiger partial charge >= 0.3 is 5.97 Å². The Morgan fingerprint density at radius 2 is 2.33 bits per heavy atom. The maximum absolute atomic E-state index is 10.3. The fraction of sp³-hybridized carbons (Fsp3) is 0.750. The van der Waals surface area contributed by atoms with E-state index in [4.69, 9.17) is 5.11 Å². The first-order valence-electron chi connectivity index (χ1n) is 4.09. The van der Waals surface area contributed by atoms with Gasteiger partial charge in [0.15, 0.2) is 0 Å². The summed E-state index contributed by atoms with van der Waals surface area (Å²) in [4.78, 5) is 16.2. The van der Waals surface area contributed by atoms with Gasteiger partial charge in [-0.2, -0.15) is 0 Å². The number of hydrogen-bond acceptors (Lipinski definition) is 3. The lowest BCUT2D eigenvalue weighted by Gasteiger charge is -2.15. The fourth-order valence-electron chi connectivity index (χ4n) is 0.869. The zero-order valence-corrected chi connectivity index (χ0v) is 7.66. The minimum absolute atomic E-state index is 0.107. The zero-order valence-electron chi connectivity index (χ0n) is 7.66. The Morgan fingerprint density at radius 3 is 2.75 bits per heavy atom. The molecule has 4 heteroatoms. The number of carboxylic acids is 1. The van der Waals surface area contributed by atoms with Gasteiger partial charge in [0.2, 0.25) is 0 Å². The van der Waals surface area contributed by atoms with E-state index in [0.717, 1.165) is 6.54 Å². The molecule has 0 unspecified atom stereocenters. The van der Waals surface area contributed by atoms with Gasteiger partial charge < -0.3 is 5.11 Å². The summed E-state index contributed by atoms with van der Waals surface area (Å²) >= 11 is 0. The van der Waals surface area contributed by atoms with Crippen molar-refractivity contribution in [2.75, 3.05) is 26.2 Å². The number of aliphatic carboxylic acids is 1. The van der Waals surface area contributed by atoms with Gasteiger partial charge in [0.1, 0.15) is 0 Å². The minimum atomic E-state index is -0.780. The normalized spacial score (nSPS) is 11.2. The van der Waals surface area contributed by atoms with Gasteiger partial charge in [0.25, 0.3) is 0 Å². The lowest BCUT2D eigenvalue weighted by atomic mass is 10.4. The molecule has 0 aliphatic carbocycles. The molecule has 0 spiro atoms. The molecular weight excluding hydrogens is 156 g/mol. The van der Waals surface area contributed by atoms with E-state index in [0.29, 0.717) is 13.1 Å². The van der Waals surface area contributed by atoms with E-state index < -0.39 is 5.97 Å². The second-order valence-electron chi connectivity index (χ2n) is 2.43. The van der Waals surface area contributed by atoms with E-state index in [1.165, 1.54) is 0 Å². The van der Waals surface area contributed by atoms with Gasteiger partial charge in [0.05, 0.1) is 13.1 Å². The minimum Gasteiger partial charge on any atom is -0.480 e. The molecular formula is C8H16N2O2. The van der Waals surface area contributed by atoms with Crippen LogP contribution in [-0.2, 0) is 4.79 Å². The van der Waals surface area contributed by atoms with Crippen molar-refractivity contribution in [2.24, 2.45) is 4.99 Å². The Labute approximate surface area is 72.9 Å². The molecule has 0 aliphatic rings. The summed E-state index contributed by atoms with van der Waals surface area (Å²) in [5.41, 5.74) is 0. The maximum Gasteiger partial charge on any atom is 0.317 e. The average molecular weight is 172 g/mol. The van der Waals surface area contributed by atoms with Gasteiger partial charge in [-0.15, -0.1) is 0 Å². The van der Waals surface area contributed by atoms with Crippen LogP contribution >= 0.6 is 0 Å². The molecule has 0 radical (unpaired) electrons. The molecule has 1 N–H and O–H groups in total. The smallest absolute Gasteiger partial charge is 0.317 e. The van der Waals surface area contributed by atoms with Crippen molar-refractivity contribution in [3.8, 4) is 0 Å². The van der Waals surface area contributed by atoms with Crippen molar-refractivity contribution in [3.63, 3.8) is 0 Å². The second kappa shape index (κ2) is 6.79. The third-order valence-electron chi connectivity index (χ3n) is 1.53. The monoisotopic (exact) mass is 172 g/mol. The lowest BCUT2D eigenvalue weighted by molar-refractivity contribution is -0.138. The van der Waals surface area contributed by atoms with Crippen LogP contribution in [0.3, 0.4) is 0 Å². The van der Waals surface area contributed by atoms with Crippen LogP contribution in [0.15, 0.2) is 4.99 Å². The van der Waals surface area contributed by atoms with Crippen molar-refractivity contribution < 1.29 is 9.90 Å². The van der Waals surface area contributed by atoms with Crippen LogP contribution in [0, 0.1) is 0 Å². The topological polar surface area (TPSA) is 52.9 Å². The molecule has 0 aromatic carbocycles. The van der Waals surface area contributed by atoms with E-state index in [-0.39, 0.29) is 6.54 Å². The van der Waals surface area contributed by atoms with Crippen molar-refractivity contribution >= 4 is 12.2 Å². The number of aliphatic imine (C=N–C) groups is 1. The van der Waals surface area contributed by atoms with E-state index in [1.807, 2.05) is 18.7 Å². The molecule has 0 saturated carbocycles. The number of rotatable bonds is 6. The molecule has 12 heavy (non-hydrogen) atoms. The third kappa shape index (κ3) is 5.85. The third-order valence-corrected chi connectivity index (χ3v) is 1.53. The van der Waals surface area contributed by atoms with Crippen molar-refractivity contribution in [1.29, 1.82) is 0 Å². The molecule has 4 nitrogen and oxygen atoms in total. The van der Waals surface area contributed by atoms with Crippen LogP contribution in [-0.4, -0.2) is 48.4 Å². The van der Waals surface area contributed by atoms with Crippen molar-refractivity contribution in [3.05, 3.63) is 0 Å². The molecule has 0 aromatic heterocycles. The molecule has 0 saturated heterocycles. The lowest BCUT2D eigenvalue weighted by Crippen LogP contribution is -2.31. The van der Waals surface area contributed by atoms with Gasteiger partial charge in [0, 0.05) is 6.54 Å². The van der Waals surface area contributed by atoms with E-state index in [9.17, 15) is 4.79 Å². The average Bonchev–Trinajstić information content (AvgIpc) is 2.02. The summed E-state index contributed by atoms with van der Waals surface area (Å²) in [5, 5.41) is 8.49. The second-order valence-corrected chi connectivity index (χ2v) is 2.43. The fourth-order valence-corrected chi connectivity index (χ4v) is 0.869. The zero-order chi connectivity index (χ0) is 9.40. The molecule has 0 amide bonds. The Kier molecular flexibility index (Phi) is 6.28. The Morgan fingerprint density at radius 1 is 1.67 bits per heavy atom. The van der Waals surface area contributed by atoms with Crippen molar-refractivity contribution in [1.82, 2.24) is 4.90 Å². The number of carboxylic acid groups (broad SMARTS) is 1. The Bertz CT molecular complexity index is 157. The number of likely N-dealkylation sites (N-methyl/N-ethyl adjacent to an activating group) is 1. The first-order valence-corrected chi connectivity index (χ1v) is 4.09. The largest absolute Gasteiger partial charge is 0.480 e. The van der Waals surface area contributed by atoms with Crippen LogP contribution in [0.4, 0.5) is 0 Å². The maximum atomic E-state index is 10.3. The highest BCUT2D eigenvalue weighted by Crippen LogP contribution is 1.86. The molecule has 0 bridgehead atoms. The van der Waals surface area contributed by atoms with Gasteiger partial charge in [-0.1, -0.05) is 6.92 Å². The number of carbonyl (C=O) groups is 1. The summed E-state index contributed by atoms with van der Waals surface area (Å²) in [6.07, 6.45) is 1.73. The van der Waals surface area contributed by atoms with Crippen LogP contribution in [0.5, 0.6) is 0 Å². The van der Waals surface area contributed by atoms with Crippen LogP contribution in [0.2, 0.25) is 0 Å². The molecule has 0 fully saturated rings. The van der Waals surface area contributed by atoms with Crippen LogP contribution < -0.4 is 0 Å². The van der Waals surface area contributed by atoms with Gasteiger partial charge in [-0.3, -0.25) is 14.7 Å². The SMILES string of the molecule is CC=NCCN(CC)CC(=O)O. The number of nitrogens with zero attached hydrogens (tertiary/aromatic N) is 2. The summed E-state index contributed by atoms with van der Waals surface area (Å²) in [6.45, 7) is 6.05. The van der Waals surface area contributed by atoms with Crippen LogP contribution in [0.1, 0.15) is 13.8 Å². The van der Waals surface area contributed by atoms with Gasteiger partial charge in [-0.05, 0) is 19.7 Å². The molecule has 0 aromatic rings. The highest BCUT2D eigenvalue weighted by Gasteiger charge is 2.05. The Hall–Kier alpha value is -0.900. The first-order chi connectivity index (χ1) is 5.70. The molecule has 0 heterocycles. The summed E-state index contributed by atoms with van der Waals surface area (Å²) < 4.78 is 0.